The van der Waals surface area contributed by atoms with Crippen LogP contribution < -0.4 is 5.73 Å². The quantitative estimate of drug-likeness (QED) is 0.745. The Morgan fingerprint density at radius 3 is 2.85 bits per heavy atom. The Morgan fingerprint density at radius 1 is 1.62 bits per heavy atom. The van der Waals surface area contributed by atoms with E-state index in [2.05, 4.69) is 10.3 Å². The number of methoxy groups -OCH3 is 1. The molecule has 0 aliphatic heterocycles. The molecule has 0 aromatic carbocycles. The van der Waals surface area contributed by atoms with Gasteiger partial charge >= 0.3 is 0 Å². The van der Waals surface area contributed by atoms with Gasteiger partial charge in [0.25, 0.3) is 0 Å². The van der Waals surface area contributed by atoms with Crippen molar-refractivity contribution >= 4 is 5.82 Å². The number of nitrogens with two attached hydrogens (primary N) is 1. The Morgan fingerprint density at radius 2 is 2.31 bits per heavy atom. The van der Waals surface area contributed by atoms with E-state index in [-0.39, 0.29) is 6.04 Å². The third-order valence-corrected chi connectivity index (χ3v) is 1.98. The molecule has 0 amide bonds. The van der Waals surface area contributed by atoms with Crippen LogP contribution in [-0.4, -0.2) is 28.7 Å². The van der Waals surface area contributed by atoms with Gasteiger partial charge < -0.3 is 10.5 Å². The van der Waals surface area contributed by atoms with Gasteiger partial charge in [-0.1, -0.05) is 12.1 Å². The molecule has 0 bridgehead atoms. The highest BCUT2D eigenvalue weighted by molar-refractivity contribution is 5.32. The minimum atomic E-state index is 0.185. The van der Waals surface area contributed by atoms with Crippen LogP contribution in [0, 0.1) is 0 Å². The maximum absolute atomic E-state index is 5.65. The number of rotatable bonds is 4. The lowest BCUT2D eigenvalue weighted by Crippen LogP contribution is -2.15. The van der Waals surface area contributed by atoms with E-state index in [1.54, 1.807) is 7.11 Å². The van der Waals surface area contributed by atoms with Crippen molar-refractivity contribution in [3.05, 3.63) is 5.69 Å². The zero-order chi connectivity index (χ0) is 9.84. The van der Waals surface area contributed by atoms with Gasteiger partial charge in [-0.25, -0.2) is 4.68 Å². The van der Waals surface area contributed by atoms with E-state index in [9.17, 15) is 0 Å². The summed E-state index contributed by atoms with van der Waals surface area (Å²) < 4.78 is 6.86. The van der Waals surface area contributed by atoms with Crippen LogP contribution in [0.3, 0.4) is 0 Å². The summed E-state index contributed by atoms with van der Waals surface area (Å²) in [6.07, 6.45) is 0.840. The summed E-state index contributed by atoms with van der Waals surface area (Å²) in [6.45, 7) is 4.68. The number of ether oxygens (including phenoxy) is 1. The molecule has 1 aromatic rings. The van der Waals surface area contributed by atoms with Crippen molar-refractivity contribution in [3.8, 4) is 0 Å². The van der Waals surface area contributed by atoms with E-state index in [1.165, 1.54) is 0 Å². The van der Waals surface area contributed by atoms with Crippen molar-refractivity contribution in [1.82, 2.24) is 15.0 Å². The lowest BCUT2D eigenvalue weighted by atomic mass is 10.3. The van der Waals surface area contributed by atoms with Crippen LogP contribution in [-0.2, 0) is 11.2 Å². The van der Waals surface area contributed by atoms with Gasteiger partial charge in [-0.15, -0.1) is 5.10 Å². The molecule has 0 aliphatic carbocycles. The van der Waals surface area contributed by atoms with Gasteiger partial charge in [0.1, 0.15) is 0 Å². The molecule has 1 heterocycles. The van der Waals surface area contributed by atoms with Gasteiger partial charge in [-0.05, 0) is 13.3 Å². The van der Waals surface area contributed by atoms with Crippen LogP contribution >= 0.6 is 0 Å². The fourth-order valence-corrected chi connectivity index (χ4v) is 1.33. The van der Waals surface area contributed by atoms with Crippen molar-refractivity contribution in [2.45, 2.75) is 26.3 Å². The number of hydrogen-bond donors (Lipinski definition) is 1. The van der Waals surface area contributed by atoms with E-state index in [0.29, 0.717) is 12.4 Å². The Hall–Kier alpha value is -1.10. The Bertz CT molecular complexity index is 271. The first-order chi connectivity index (χ1) is 6.20. The molecule has 0 radical (unpaired) electrons. The third kappa shape index (κ3) is 1.98. The molecule has 74 valence electrons. The summed E-state index contributed by atoms with van der Waals surface area (Å²) in [5.74, 6) is 0.519. The first kappa shape index (κ1) is 9.98. The van der Waals surface area contributed by atoms with Crippen LogP contribution in [0.25, 0.3) is 0 Å². The second kappa shape index (κ2) is 4.23. The molecule has 0 fully saturated rings. The average Bonchev–Trinajstić information content (AvgIpc) is 2.47. The van der Waals surface area contributed by atoms with Gasteiger partial charge in [-0.3, -0.25) is 0 Å². The number of anilines is 1. The van der Waals surface area contributed by atoms with Crippen molar-refractivity contribution in [3.63, 3.8) is 0 Å². The molecule has 0 saturated heterocycles. The van der Waals surface area contributed by atoms with Crippen LogP contribution in [0.2, 0.25) is 0 Å². The van der Waals surface area contributed by atoms with E-state index >= 15 is 0 Å². The summed E-state index contributed by atoms with van der Waals surface area (Å²) in [5.41, 5.74) is 6.63. The van der Waals surface area contributed by atoms with E-state index in [0.717, 1.165) is 12.1 Å². The molecule has 13 heavy (non-hydrogen) atoms. The zero-order valence-corrected chi connectivity index (χ0v) is 8.32. The highest BCUT2D eigenvalue weighted by Crippen LogP contribution is 2.13. The molecule has 0 spiro atoms. The topological polar surface area (TPSA) is 66.0 Å². The van der Waals surface area contributed by atoms with Crippen LogP contribution in [0.15, 0.2) is 0 Å². The van der Waals surface area contributed by atoms with Gasteiger partial charge in [0, 0.05) is 7.11 Å². The molecular weight excluding hydrogens is 168 g/mol. The Labute approximate surface area is 77.9 Å². The number of nitrogen functional groups attached to an aromatic ring is 1. The van der Waals surface area contributed by atoms with E-state index < -0.39 is 0 Å². The predicted molar refractivity (Wildman–Crippen MR) is 50.4 cm³/mol. The maximum atomic E-state index is 5.65. The second-order valence-corrected chi connectivity index (χ2v) is 3.02. The summed E-state index contributed by atoms with van der Waals surface area (Å²) in [4.78, 5) is 0. The van der Waals surface area contributed by atoms with Crippen molar-refractivity contribution < 1.29 is 4.74 Å². The molecule has 5 nitrogen and oxygen atoms in total. The minimum absolute atomic E-state index is 0.185. The van der Waals surface area contributed by atoms with Crippen LogP contribution in [0.4, 0.5) is 5.82 Å². The van der Waals surface area contributed by atoms with E-state index in [1.807, 2.05) is 18.5 Å². The molecular formula is C8H16N4O. The van der Waals surface area contributed by atoms with Gasteiger partial charge in [0.2, 0.25) is 0 Å². The smallest absolute Gasteiger partial charge is 0.169 e. The second-order valence-electron chi connectivity index (χ2n) is 3.02. The molecule has 0 aliphatic rings. The Balaban J connectivity index is 2.86. The Kier molecular flexibility index (Phi) is 3.25. The standard InChI is InChI=1S/C8H16N4O/c1-4-7-8(9)10-11-12(7)6(2)5-13-3/h6H,4-5,9H2,1-3H3. The van der Waals surface area contributed by atoms with Crippen molar-refractivity contribution in [2.75, 3.05) is 19.5 Å². The van der Waals surface area contributed by atoms with Gasteiger partial charge in [0.05, 0.1) is 18.3 Å². The summed E-state index contributed by atoms with van der Waals surface area (Å²) in [5, 5.41) is 7.79. The lowest BCUT2D eigenvalue weighted by molar-refractivity contribution is 0.154. The molecule has 1 rings (SSSR count). The fourth-order valence-electron chi connectivity index (χ4n) is 1.33. The van der Waals surface area contributed by atoms with Crippen molar-refractivity contribution in [2.24, 2.45) is 0 Å². The SMILES string of the molecule is CCc1c(N)nnn1C(C)COC. The fraction of sp³-hybridized carbons (Fsp3) is 0.750. The number of nitrogens with zero attached hydrogens (tertiary/aromatic N) is 3. The molecule has 1 aromatic heterocycles. The first-order valence-corrected chi connectivity index (χ1v) is 4.39. The van der Waals surface area contributed by atoms with Crippen LogP contribution in [0.5, 0.6) is 0 Å². The normalized spacial score (nSPS) is 13.2. The molecule has 0 saturated carbocycles. The predicted octanol–water partition coefficient (Wildman–Crippen LogP) is 0.630. The van der Waals surface area contributed by atoms with Gasteiger partial charge in [-0.2, -0.15) is 0 Å². The highest BCUT2D eigenvalue weighted by atomic mass is 16.5. The molecule has 1 unspecified atom stereocenters. The van der Waals surface area contributed by atoms with E-state index in [4.69, 9.17) is 10.5 Å². The molecule has 2 N–H and O–H groups in total. The van der Waals surface area contributed by atoms with Gasteiger partial charge in [0.15, 0.2) is 5.82 Å². The zero-order valence-electron chi connectivity index (χ0n) is 8.32. The molecule has 1 atom stereocenters. The lowest BCUT2D eigenvalue weighted by Gasteiger charge is -2.12. The summed E-state index contributed by atoms with van der Waals surface area (Å²) in [6, 6.07) is 0.185. The minimum Gasteiger partial charge on any atom is -0.382 e. The summed E-state index contributed by atoms with van der Waals surface area (Å²) >= 11 is 0. The number of aromatic nitrogens is 3. The highest BCUT2D eigenvalue weighted by Gasteiger charge is 2.13. The molecule has 5 heteroatoms. The largest absolute Gasteiger partial charge is 0.382 e. The number of hydrogen-bond acceptors (Lipinski definition) is 4. The summed E-state index contributed by atoms with van der Waals surface area (Å²) in [7, 11) is 1.67. The average molecular weight is 184 g/mol. The maximum Gasteiger partial charge on any atom is 0.169 e. The first-order valence-electron chi connectivity index (χ1n) is 4.39. The monoisotopic (exact) mass is 184 g/mol. The van der Waals surface area contributed by atoms with Crippen molar-refractivity contribution in [1.29, 1.82) is 0 Å². The third-order valence-electron chi connectivity index (χ3n) is 1.98. The van der Waals surface area contributed by atoms with Crippen LogP contribution in [0.1, 0.15) is 25.6 Å².